The lowest BCUT2D eigenvalue weighted by Gasteiger charge is -2.06. The Kier molecular flexibility index (Phi) is 5.61. The topological polar surface area (TPSA) is 38.3 Å². The molecule has 0 fully saturated rings. The molecule has 1 N–H and O–H groups in total. The van der Waals surface area contributed by atoms with Gasteiger partial charge in [-0.15, -0.1) is 6.58 Å². The van der Waals surface area contributed by atoms with Crippen molar-refractivity contribution in [2.45, 2.75) is 6.61 Å². The van der Waals surface area contributed by atoms with E-state index in [9.17, 15) is 4.79 Å². The molecule has 0 atom stereocenters. The van der Waals surface area contributed by atoms with Gasteiger partial charge in [0.05, 0.1) is 6.54 Å². The highest BCUT2D eigenvalue weighted by Gasteiger charge is 2.04. The second-order valence-electron chi connectivity index (χ2n) is 3.17. The normalized spacial score (nSPS) is 9.81. The summed E-state index contributed by atoms with van der Waals surface area (Å²) in [5.41, 5.74) is 0.807. The van der Waals surface area contributed by atoms with Crippen LogP contribution in [0.1, 0.15) is 5.56 Å². The summed E-state index contributed by atoms with van der Waals surface area (Å²) in [7, 11) is 0. The Morgan fingerprint density at radius 1 is 1.50 bits per heavy atom. The molecule has 0 unspecified atom stereocenters. The van der Waals surface area contributed by atoms with E-state index in [1.54, 1.807) is 12.1 Å². The van der Waals surface area contributed by atoms with Crippen molar-refractivity contribution in [1.29, 1.82) is 0 Å². The molecule has 1 aromatic rings. The van der Waals surface area contributed by atoms with Gasteiger partial charge in [-0.25, -0.2) is 0 Å². The lowest BCUT2D eigenvalue weighted by Crippen LogP contribution is -2.24. The van der Waals surface area contributed by atoms with Crippen LogP contribution in [-0.4, -0.2) is 19.1 Å². The fourth-order valence-corrected chi connectivity index (χ4v) is 1.29. The summed E-state index contributed by atoms with van der Waals surface area (Å²) >= 11 is 5.91. The Labute approximate surface area is 100 Å². The highest BCUT2D eigenvalue weighted by Crippen LogP contribution is 2.15. The molecular formula is C12H14ClNO2. The smallest absolute Gasteiger partial charge is 0.320 e. The van der Waals surface area contributed by atoms with Gasteiger partial charge in [0, 0.05) is 17.1 Å². The van der Waals surface area contributed by atoms with Gasteiger partial charge in [0.25, 0.3) is 0 Å². The zero-order valence-electron chi connectivity index (χ0n) is 8.91. The summed E-state index contributed by atoms with van der Waals surface area (Å²) in [6.07, 6.45) is 1.68. The first-order chi connectivity index (χ1) is 7.74. The zero-order valence-corrected chi connectivity index (χ0v) is 9.67. The van der Waals surface area contributed by atoms with Crippen molar-refractivity contribution in [3.8, 4) is 0 Å². The molecule has 0 radical (unpaired) electrons. The van der Waals surface area contributed by atoms with Gasteiger partial charge >= 0.3 is 5.97 Å². The Morgan fingerprint density at radius 2 is 2.25 bits per heavy atom. The van der Waals surface area contributed by atoms with Gasteiger partial charge in [0.15, 0.2) is 0 Å². The van der Waals surface area contributed by atoms with Crippen LogP contribution in [0.4, 0.5) is 0 Å². The maximum atomic E-state index is 11.2. The molecule has 0 bridgehead atoms. The van der Waals surface area contributed by atoms with Gasteiger partial charge in [0.1, 0.15) is 6.61 Å². The molecular weight excluding hydrogens is 226 g/mol. The largest absolute Gasteiger partial charge is 0.460 e. The summed E-state index contributed by atoms with van der Waals surface area (Å²) in [5.74, 6) is -0.304. The van der Waals surface area contributed by atoms with Crippen molar-refractivity contribution >= 4 is 17.6 Å². The summed E-state index contributed by atoms with van der Waals surface area (Å²) in [4.78, 5) is 11.2. The van der Waals surface area contributed by atoms with Crippen LogP contribution in [0.2, 0.25) is 5.02 Å². The number of ether oxygens (including phenoxy) is 1. The highest BCUT2D eigenvalue weighted by molar-refractivity contribution is 6.31. The minimum Gasteiger partial charge on any atom is -0.460 e. The van der Waals surface area contributed by atoms with Gasteiger partial charge in [-0.2, -0.15) is 0 Å². The molecule has 0 saturated heterocycles. The molecule has 0 amide bonds. The van der Waals surface area contributed by atoms with Crippen molar-refractivity contribution in [2.24, 2.45) is 0 Å². The predicted octanol–water partition coefficient (Wildman–Crippen LogP) is 2.16. The highest BCUT2D eigenvalue weighted by atomic mass is 35.5. The summed E-state index contributed by atoms with van der Waals surface area (Å²) in [6, 6.07) is 7.28. The van der Waals surface area contributed by atoms with Crippen LogP contribution in [-0.2, 0) is 16.1 Å². The number of carbonyl (C=O) groups excluding carboxylic acids is 1. The molecule has 1 rings (SSSR count). The van der Waals surface area contributed by atoms with E-state index in [1.807, 2.05) is 18.2 Å². The van der Waals surface area contributed by atoms with Gasteiger partial charge in [0.2, 0.25) is 0 Å². The fourth-order valence-electron chi connectivity index (χ4n) is 1.10. The molecule has 3 nitrogen and oxygen atoms in total. The average Bonchev–Trinajstić information content (AvgIpc) is 2.28. The van der Waals surface area contributed by atoms with Crippen LogP contribution in [0.15, 0.2) is 36.9 Å². The van der Waals surface area contributed by atoms with E-state index >= 15 is 0 Å². The summed E-state index contributed by atoms with van der Waals surface area (Å²) in [5, 5.41) is 3.47. The molecule has 0 aliphatic rings. The first-order valence-electron chi connectivity index (χ1n) is 4.94. The van der Waals surface area contributed by atoms with Crippen LogP contribution in [0.3, 0.4) is 0 Å². The molecule has 0 aliphatic heterocycles. The lowest BCUT2D eigenvalue weighted by molar-refractivity contribution is -0.143. The third-order valence-electron chi connectivity index (χ3n) is 1.90. The number of hydrogen-bond donors (Lipinski definition) is 1. The minimum absolute atomic E-state index is 0.177. The molecule has 4 heteroatoms. The van der Waals surface area contributed by atoms with Crippen LogP contribution in [0.5, 0.6) is 0 Å². The number of nitrogens with one attached hydrogen (secondary N) is 1. The van der Waals surface area contributed by atoms with Gasteiger partial charge in [-0.3, -0.25) is 4.79 Å². The van der Waals surface area contributed by atoms with E-state index in [-0.39, 0.29) is 19.1 Å². The summed E-state index contributed by atoms with van der Waals surface area (Å²) < 4.78 is 5.04. The molecule has 1 aromatic carbocycles. The number of hydrogen-bond acceptors (Lipinski definition) is 3. The zero-order chi connectivity index (χ0) is 11.8. The SMILES string of the molecule is C=CCNCC(=O)OCc1ccccc1Cl. The minimum atomic E-state index is -0.304. The monoisotopic (exact) mass is 239 g/mol. The van der Waals surface area contributed by atoms with Crippen LogP contribution in [0.25, 0.3) is 0 Å². The lowest BCUT2D eigenvalue weighted by atomic mass is 10.2. The molecule has 0 aliphatic carbocycles. The van der Waals surface area contributed by atoms with Crippen molar-refractivity contribution in [3.05, 3.63) is 47.5 Å². The van der Waals surface area contributed by atoms with Gasteiger partial charge in [-0.1, -0.05) is 35.9 Å². The number of benzene rings is 1. The molecule has 0 aromatic heterocycles. The van der Waals surface area contributed by atoms with E-state index < -0.39 is 0 Å². The molecule has 0 heterocycles. The van der Waals surface area contributed by atoms with E-state index in [2.05, 4.69) is 11.9 Å². The molecule has 16 heavy (non-hydrogen) atoms. The Bertz CT molecular complexity index is 366. The average molecular weight is 240 g/mol. The quantitative estimate of drug-likeness (QED) is 0.470. The fraction of sp³-hybridized carbons (Fsp3) is 0.250. The maximum Gasteiger partial charge on any atom is 0.320 e. The van der Waals surface area contributed by atoms with Crippen molar-refractivity contribution in [3.63, 3.8) is 0 Å². The second-order valence-corrected chi connectivity index (χ2v) is 3.58. The summed E-state index contributed by atoms with van der Waals surface area (Å²) in [6.45, 7) is 4.49. The van der Waals surface area contributed by atoms with Crippen molar-refractivity contribution in [2.75, 3.05) is 13.1 Å². The van der Waals surface area contributed by atoms with Crippen molar-refractivity contribution in [1.82, 2.24) is 5.32 Å². The van der Waals surface area contributed by atoms with Gasteiger partial charge in [-0.05, 0) is 6.07 Å². The Balaban J connectivity index is 2.31. The van der Waals surface area contributed by atoms with E-state index in [1.165, 1.54) is 0 Å². The third kappa shape index (κ3) is 4.47. The van der Waals surface area contributed by atoms with Crippen LogP contribution in [0, 0.1) is 0 Å². The number of carbonyl (C=O) groups is 1. The molecule has 0 saturated carbocycles. The Morgan fingerprint density at radius 3 is 2.94 bits per heavy atom. The number of rotatable bonds is 6. The first kappa shape index (κ1) is 12.7. The van der Waals surface area contributed by atoms with Crippen molar-refractivity contribution < 1.29 is 9.53 Å². The first-order valence-corrected chi connectivity index (χ1v) is 5.32. The van der Waals surface area contributed by atoms with Gasteiger partial charge < -0.3 is 10.1 Å². The van der Waals surface area contributed by atoms with Crippen LogP contribution < -0.4 is 5.32 Å². The molecule has 86 valence electrons. The standard InChI is InChI=1S/C12H14ClNO2/c1-2-7-14-8-12(15)16-9-10-5-3-4-6-11(10)13/h2-6,14H,1,7-9H2. The maximum absolute atomic E-state index is 11.2. The van der Waals surface area contributed by atoms with E-state index in [0.717, 1.165) is 5.56 Å². The van der Waals surface area contributed by atoms with E-state index in [0.29, 0.717) is 11.6 Å². The number of esters is 1. The Hall–Kier alpha value is -1.32. The second kappa shape index (κ2) is 7.04. The number of halogens is 1. The van der Waals surface area contributed by atoms with Crippen LogP contribution >= 0.6 is 11.6 Å². The molecule has 0 spiro atoms. The van der Waals surface area contributed by atoms with E-state index in [4.69, 9.17) is 16.3 Å². The third-order valence-corrected chi connectivity index (χ3v) is 2.27. The predicted molar refractivity (Wildman–Crippen MR) is 64.3 cm³/mol.